The number of hydrogen-bond donors (Lipinski definition) is 0. The molecule has 1 aliphatic heterocycles. The fourth-order valence-corrected chi connectivity index (χ4v) is 5.03. The number of carbonyl (C=O) groups is 1. The van der Waals surface area contributed by atoms with Gasteiger partial charge in [-0.3, -0.25) is 9.69 Å². The van der Waals surface area contributed by atoms with Gasteiger partial charge in [-0.2, -0.15) is 0 Å². The number of amides is 1. The minimum Gasteiger partial charge on any atom is -0.340 e. The van der Waals surface area contributed by atoms with Crippen molar-refractivity contribution >= 4 is 29.3 Å². The zero-order chi connectivity index (χ0) is 21.5. The predicted molar refractivity (Wildman–Crippen MR) is 130 cm³/mol. The van der Waals surface area contributed by atoms with E-state index in [0.29, 0.717) is 6.42 Å². The van der Waals surface area contributed by atoms with Gasteiger partial charge in [0, 0.05) is 48.3 Å². The van der Waals surface area contributed by atoms with Crippen molar-refractivity contribution in [1.82, 2.24) is 9.80 Å². The second-order valence-electron chi connectivity index (χ2n) is 7.69. The van der Waals surface area contributed by atoms with Crippen LogP contribution in [-0.4, -0.2) is 47.6 Å². The van der Waals surface area contributed by atoms with Crippen LogP contribution >= 0.6 is 23.4 Å². The fourth-order valence-electron chi connectivity index (χ4n) is 4.06. The van der Waals surface area contributed by atoms with E-state index in [0.717, 1.165) is 41.8 Å². The molecule has 0 aromatic heterocycles. The summed E-state index contributed by atoms with van der Waals surface area (Å²) in [6.45, 7) is 3.32. The van der Waals surface area contributed by atoms with Crippen molar-refractivity contribution in [3.63, 3.8) is 0 Å². The van der Waals surface area contributed by atoms with Crippen LogP contribution < -0.4 is 0 Å². The zero-order valence-corrected chi connectivity index (χ0v) is 19.1. The van der Waals surface area contributed by atoms with Crippen LogP contribution in [0.2, 0.25) is 5.02 Å². The highest BCUT2D eigenvalue weighted by molar-refractivity contribution is 7.99. The number of piperazine rings is 1. The molecule has 1 saturated heterocycles. The highest BCUT2D eigenvalue weighted by Gasteiger charge is 2.27. The van der Waals surface area contributed by atoms with Crippen molar-refractivity contribution in [1.29, 1.82) is 0 Å². The highest BCUT2D eigenvalue weighted by atomic mass is 35.5. The second kappa shape index (κ2) is 10.9. The Labute approximate surface area is 194 Å². The summed E-state index contributed by atoms with van der Waals surface area (Å²) in [5.74, 6) is 1.04. The molecule has 0 atom stereocenters. The molecule has 0 spiro atoms. The molecule has 1 fully saturated rings. The van der Waals surface area contributed by atoms with Gasteiger partial charge in [0.15, 0.2) is 0 Å². The molecule has 5 heteroatoms. The molecule has 0 unspecified atom stereocenters. The fraction of sp³-hybridized carbons (Fsp3) is 0.269. The van der Waals surface area contributed by atoms with Crippen LogP contribution in [0.1, 0.15) is 23.6 Å². The van der Waals surface area contributed by atoms with Gasteiger partial charge >= 0.3 is 0 Å². The van der Waals surface area contributed by atoms with Gasteiger partial charge in [-0.25, -0.2) is 0 Å². The molecular weight excluding hydrogens is 424 g/mol. The van der Waals surface area contributed by atoms with Crippen LogP contribution in [-0.2, 0) is 4.79 Å². The van der Waals surface area contributed by atoms with Gasteiger partial charge in [-0.05, 0) is 35.4 Å². The maximum absolute atomic E-state index is 12.7. The first-order chi connectivity index (χ1) is 15.2. The summed E-state index contributed by atoms with van der Waals surface area (Å²) in [5, 5.41) is 0.739. The van der Waals surface area contributed by atoms with Crippen LogP contribution in [0, 0.1) is 0 Å². The summed E-state index contributed by atoms with van der Waals surface area (Å²) in [5.41, 5.74) is 2.60. The van der Waals surface area contributed by atoms with E-state index in [1.165, 1.54) is 11.1 Å². The number of benzene rings is 3. The van der Waals surface area contributed by atoms with Gasteiger partial charge in [0.25, 0.3) is 0 Å². The van der Waals surface area contributed by atoms with Gasteiger partial charge in [0.05, 0.1) is 6.04 Å². The van der Waals surface area contributed by atoms with E-state index in [-0.39, 0.29) is 11.9 Å². The van der Waals surface area contributed by atoms with E-state index in [1.54, 1.807) is 11.8 Å². The van der Waals surface area contributed by atoms with Crippen LogP contribution in [0.15, 0.2) is 89.8 Å². The summed E-state index contributed by atoms with van der Waals surface area (Å²) in [7, 11) is 0. The third kappa shape index (κ3) is 5.91. The largest absolute Gasteiger partial charge is 0.340 e. The van der Waals surface area contributed by atoms with Gasteiger partial charge < -0.3 is 4.90 Å². The molecule has 4 rings (SSSR count). The smallest absolute Gasteiger partial charge is 0.223 e. The minimum absolute atomic E-state index is 0.222. The Morgan fingerprint density at radius 3 is 1.90 bits per heavy atom. The standard InChI is InChI=1S/C26H27ClN2OS/c27-23-11-13-24(14-12-23)31-20-15-25(30)28-16-18-29(19-17-28)26(21-7-3-1-4-8-21)22-9-5-2-6-10-22/h1-14,26H,15-20H2. The lowest BCUT2D eigenvalue weighted by Gasteiger charge is -2.39. The van der Waals surface area contributed by atoms with E-state index in [2.05, 4.69) is 65.6 Å². The zero-order valence-electron chi connectivity index (χ0n) is 17.5. The molecule has 3 aromatic rings. The molecule has 3 nitrogen and oxygen atoms in total. The van der Waals surface area contributed by atoms with Crippen molar-refractivity contribution in [2.75, 3.05) is 31.9 Å². The summed E-state index contributed by atoms with van der Waals surface area (Å²) in [4.78, 5) is 18.4. The van der Waals surface area contributed by atoms with Crippen molar-refractivity contribution in [3.05, 3.63) is 101 Å². The maximum atomic E-state index is 12.7. The SMILES string of the molecule is O=C(CCSc1ccc(Cl)cc1)N1CCN(C(c2ccccc2)c2ccccc2)CC1. The molecule has 3 aromatic carbocycles. The summed E-state index contributed by atoms with van der Waals surface area (Å²) in [6, 6.07) is 29.3. The summed E-state index contributed by atoms with van der Waals surface area (Å²) in [6.07, 6.45) is 0.564. The maximum Gasteiger partial charge on any atom is 0.223 e. The van der Waals surface area contributed by atoms with Crippen molar-refractivity contribution in [2.24, 2.45) is 0 Å². The Balaban J connectivity index is 1.33. The Hall–Kier alpha value is -2.27. The molecule has 0 N–H and O–H groups in total. The number of hydrogen-bond acceptors (Lipinski definition) is 3. The van der Waals surface area contributed by atoms with Crippen LogP contribution in [0.25, 0.3) is 0 Å². The monoisotopic (exact) mass is 450 g/mol. The Bertz CT molecular complexity index is 918. The van der Waals surface area contributed by atoms with Gasteiger partial charge in [-0.1, -0.05) is 72.3 Å². The average Bonchev–Trinajstić information content (AvgIpc) is 2.82. The predicted octanol–water partition coefficient (Wildman–Crippen LogP) is 5.76. The minimum atomic E-state index is 0.222. The third-order valence-corrected chi connectivity index (χ3v) is 6.93. The van der Waals surface area contributed by atoms with Crippen LogP contribution in [0.4, 0.5) is 0 Å². The number of nitrogens with zero attached hydrogens (tertiary/aromatic N) is 2. The summed E-state index contributed by atoms with van der Waals surface area (Å²) < 4.78 is 0. The Morgan fingerprint density at radius 2 is 1.35 bits per heavy atom. The number of carbonyl (C=O) groups excluding carboxylic acids is 1. The average molecular weight is 451 g/mol. The number of halogens is 1. The van der Waals surface area contributed by atoms with Gasteiger partial charge in [-0.15, -0.1) is 11.8 Å². The molecule has 160 valence electrons. The first-order valence-electron chi connectivity index (χ1n) is 10.7. The van der Waals surface area contributed by atoms with E-state index in [1.807, 2.05) is 29.2 Å². The van der Waals surface area contributed by atoms with E-state index < -0.39 is 0 Å². The van der Waals surface area contributed by atoms with Gasteiger partial charge in [0.1, 0.15) is 0 Å². The molecular formula is C26H27ClN2OS. The van der Waals surface area contributed by atoms with Crippen molar-refractivity contribution in [2.45, 2.75) is 17.4 Å². The summed E-state index contributed by atoms with van der Waals surface area (Å²) >= 11 is 7.64. The van der Waals surface area contributed by atoms with E-state index in [9.17, 15) is 4.79 Å². The second-order valence-corrected chi connectivity index (χ2v) is 9.30. The molecule has 0 saturated carbocycles. The quantitative estimate of drug-likeness (QED) is 0.428. The molecule has 1 amide bonds. The number of thioether (sulfide) groups is 1. The van der Waals surface area contributed by atoms with Crippen LogP contribution in [0.5, 0.6) is 0 Å². The molecule has 0 bridgehead atoms. The highest BCUT2D eigenvalue weighted by Crippen LogP contribution is 2.29. The lowest BCUT2D eigenvalue weighted by Crippen LogP contribution is -2.49. The third-order valence-electron chi connectivity index (χ3n) is 5.66. The molecule has 1 aliphatic rings. The lowest BCUT2D eigenvalue weighted by atomic mass is 9.96. The van der Waals surface area contributed by atoms with Crippen LogP contribution in [0.3, 0.4) is 0 Å². The van der Waals surface area contributed by atoms with Crippen molar-refractivity contribution < 1.29 is 4.79 Å². The normalized spacial score (nSPS) is 14.7. The first kappa shape index (κ1) is 21.9. The molecule has 1 heterocycles. The van der Waals surface area contributed by atoms with E-state index >= 15 is 0 Å². The van der Waals surface area contributed by atoms with Crippen molar-refractivity contribution in [3.8, 4) is 0 Å². The molecule has 0 aliphatic carbocycles. The van der Waals surface area contributed by atoms with E-state index in [4.69, 9.17) is 11.6 Å². The first-order valence-corrected chi connectivity index (χ1v) is 12.1. The Morgan fingerprint density at radius 1 is 0.806 bits per heavy atom. The number of rotatable bonds is 7. The molecule has 0 radical (unpaired) electrons. The lowest BCUT2D eigenvalue weighted by molar-refractivity contribution is -0.132. The van der Waals surface area contributed by atoms with Gasteiger partial charge in [0.2, 0.25) is 5.91 Å². The Kier molecular flexibility index (Phi) is 7.68. The molecule has 31 heavy (non-hydrogen) atoms. The topological polar surface area (TPSA) is 23.6 Å².